The first kappa shape index (κ1) is 20.3. The van der Waals surface area contributed by atoms with Gasteiger partial charge in [0.05, 0.1) is 37.1 Å². The highest BCUT2D eigenvalue weighted by Crippen LogP contribution is 2.25. The molecule has 1 aromatic rings. The molecule has 1 fully saturated rings. The third kappa shape index (κ3) is 7.11. The largest absolute Gasteiger partial charge is 0.481 e. The van der Waals surface area contributed by atoms with Crippen LogP contribution in [0.4, 0.5) is 0 Å². The van der Waals surface area contributed by atoms with Gasteiger partial charge in [-0.15, -0.1) is 0 Å². The first-order chi connectivity index (χ1) is 12.6. The number of hydrogen-bond acceptors (Lipinski definition) is 7. The molecule has 0 saturated carbocycles. The zero-order valence-corrected chi connectivity index (χ0v) is 16.2. The van der Waals surface area contributed by atoms with Gasteiger partial charge in [-0.3, -0.25) is 9.69 Å². The summed E-state index contributed by atoms with van der Waals surface area (Å²) in [4.78, 5) is 25.2. The number of amides is 1. The smallest absolute Gasteiger partial charge is 0.344 e. The number of ether oxygens (including phenoxy) is 3. The van der Waals surface area contributed by atoms with E-state index in [1.807, 2.05) is 4.90 Å². The van der Waals surface area contributed by atoms with E-state index in [1.54, 1.807) is 25.1 Å². The van der Waals surface area contributed by atoms with Crippen molar-refractivity contribution in [2.45, 2.75) is 6.92 Å². The van der Waals surface area contributed by atoms with E-state index < -0.39 is 5.97 Å². The molecule has 0 bridgehead atoms. The third-order valence-electron chi connectivity index (χ3n) is 3.48. The van der Waals surface area contributed by atoms with E-state index in [0.29, 0.717) is 36.6 Å². The molecule has 1 aromatic carbocycles. The van der Waals surface area contributed by atoms with Crippen LogP contribution in [0.2, 0.25) is 0 Å². The topological polar surface area (TPSA) is 89.5 Å². The molecule has 0 aliphatic carbocycles. The fourth-order valence-electron chi connectivity index (χ4n) is 2.23. The minimum atomic E-state index is -0.423. The van der Waals surface area contributed by atoms with Crippen LogP contribution in [0, 0.1) is 0 Å². The zero-order chi connectivity index (χ0) is 18.8. The standard InChI is InChI=1S/C17H22BrN3O5/c1-2-25-17(23)12-26-15-4-3-13(9-14(15)18)10-19-20-16(22)11-21-5-7-24-8-6-21/h3-4,9-10H,2,5-8,11-12H2,1H3,(H,20,22)/b19-10+. The Morgan fingerprint density at radius 3 is 2.85 bits per heavy atom. The van der Waals surface area contributed by atoms with Gasteiger partial charge in [-0.1, -0.05) is 0 Å². The number of rotatable bonds is 8. The SMILES string of the molecule is CCOC(=O)COc1ccc(/C=N/NC(=O)CN2CCOCC2)cc1Br. The first-order valence-electron chi connectivity index (χ1n) is 8.28. The molecule has 8 nitrogen and oxygen atoms in total. The van der Waals surface area contributed by atoms with Crippen molar-refractivity contribution in [3.8, 4) is 5.75 Å². The number of benzene rings is 1. The Morgan fingerprint density at radius 2 is 2.15 bits per heavy atom. The van der Waals surface area contributed by atoms with Crippen LogP contribution < -0.4 is 10.2 Å². The van der Waals surface area contributed by atoms with E-state index in [9.17, 15) is 9.59 Å². The highest BCUT2D eigenvalue weighted by Gasteiger charge is 2.13. The van der Waals surface area contributed by atoms with Crippen LogP contribution in [0.1, 0.15) is 12.5 Å². The van der Waals surface area contributed by atoms with Crippen molar-refractivity contribution < 1.29 is 23.8 Å². The van der Waals surface area contributed by atoms with E-state index in [4.69, 9.17) is 14.2 Å². The number of halogens is 1. The Labute approximate surface area is 160 Å². The van der Waals surface area contributed by atoms with Crippen LogP contribution in [0.25, 0.3) is 0 Å². The van der Waals surface area contributed by atoms with Crippen LogP contribution in [-0.2, 0) is 19.1 Å². The normalized spacial score (nSPS) is 15.0. The summed E-state index contributed by atoms with van der Waals surface area (Å²) in [6.07, 6.45) is 1.54. The second kappa shape index (κ2) is 10.9. The lowest BCUT2D eigenvalue weighted by atomic mass is 10.2. The van der Waals surface area contributed by atoms with Gasteiger partial charge in [0.15, 0.2) is 6.61 Å². The molecule has 1 amide bonds. The number of hydrazone groups is 1. The predicted octanol–water partition coefficient (Wildman–Crippen LogP) is 1.17. The van der Waals surface area contributed by atoms with E-state index in [0.717, 1.165) is 18.7 Å². The number of nitrogens with one attached hydrogen (secondary N) is 1. The number of hydrogen-bond donors (Lipinski definition) is 1. The molecule has 1 heterocycles. The molecule has 26 heavy (non-hydrogen) atoms. The average molecular weight is 428 g/mol. The van der Waals surface area contributed by atoms with Gasteiger partial charge >= 0.3 is 5.97 Å². The number of carbonyl (C=O) groups is 2. The molecule has 142 valence electrons. The van der Waals surface area contributed by atoms with Gasteiger partial charge in [0.1, 0.15) is 5.75 Å². The van der Waals surface area contributed by atoms with E-state index in [1.165, 1.54) is 6.21 Å². The Morgan fingerprint density at radius 1 is 1.38 bits per heavy atom. The Balaban J connectivity index is 1.79. The van der Waals surface area contributed by atoms with Gasteiger partial charge in [-0.25, -0.2) is 10.2 Å². The summed E-state index contributed by atoms with van der Waals surface area (Å²) in [6.45, 7) is 4.99. The first-order valence-corrected chi connectivity index (χ1v) is 9.07. The molecule has 0 radical (unpaired) electrons. The summed E-state index contributed by atoms with van der Waals surface area (Å²) in [7, 11) is 0. The minimum absolute atomic E-state index is 0.155. The van der Waals surface area contributed by atoms with Crippen molar-refractivity contribution in [3.05, 3.63) is 28.2 Å². The Bertz CT molecular complexity index is 647. The van der Waals surface area contributed by atoms with E-state index in [-0.39, 0.29) is 12.5 Å². The fourth-order valence-corrected chi connectivity index (χ4v) is 2.74. The number of nitrogens with zero attached hydrogens (tertiary/aromatic N) is 2. The molecule has 1 aliphatic rings. The molecule has 9 heteroatoms. The highest BCUT2D eigenvalue weighted by molar-refractivity contribution is 9.10. The van der Waals surface area contributed by atoms with Crippen LogP contribution in [0.3, 0.4) is 0 Å². The van der Waals surface area contributed by atoms with Crippen molar-refractivity contribution >= 4 is 34.0 Å². The molecule has 0 unspecified atom stereocenters. The molecule has 1 N–H and O–H groups in total. The van der Waals surface area contributed by atoms with Crippen molar-refractivity contribution in [1.29, 1.82) is 0 Å². The van der Waals surface area contributed by atoms with Gasteiger partial charge in [-0.2, -0.15) is 5.10 Å². The van der Waals surface area contributed by atoms with Gasteiger partial charge in [0.2, 0.25) is 0 Å². The summed E-state index contributed by atoms with van der Waals surface area (Å²) < 4.78 is 16.1. The van der Waals surface area contributed by atoms with Crippen molar-refractivity contribution in [2.75, 3.05) is 46.1 Å². The average Bonchev–Trinajstić information content (AvgIpc) is 2.62. The zero-order valence-electron chi connectivity index (χ0n) is 14.6. The van der Waals surface area contributed by atoms with Gasteiger partial charge < -0.3 is 14.2 Å². The second-order valence-corrected chi connectivity index (χ2v) is 6.32. The third-order valence-corrected chi connectivity index (χ3v) is 4.10. The quantitative estimate of drug-likeness (QED) is 0.380. The summed E-state index contributed by atoms with van der Waals surface area (Å²) in [5, 5.41) is 3.96. The minimum Gasteiger partial charge on any atom is -0.481 e. The maximum absolute atomic E-state index is 11.8. The van der Waals surface area contributed by atoms with Gasteiger partial charge in [0.25, 0.3) is 5.91 Å². The Kier molecular flexibility index (Phi) is 8.52. The van der Waals surface area contributed by atoms with Crippen LogP contribution in [-0.4, -0.2) is 69.1 Å². The summed E-state index contributed by atoms with van der Waals surface area (Å²) in [5.41, 5.74) is 3.28. The molecular formula is C17H22BrN3O5. The van der Waals surface area contributed by atoms with Crippen LogP contribution in [0.5, 0.6) is 5.75 Å². The molecule has 2 rings (SSSR count). The summed E-state index contributed by atoms with van der Waals surface area (Å²) in [5.74, 6) is -0.0730. The lowest BCUT2D eigenvalue weighted by Crippen LogP contribution is -2.42. The molecule has 0 atom stereocenters. The highest BCUT2D eigenvalue weighted by atomic mass is 79.9. The van der Waals surface area contributed by atoms with E-state index >= 15 is 0 Å². The molecule has 0 spiro atoms. The molecular weight excluding hydrogens is 406 g/mol. The summed E-state index contributed by atoms with van der Waals surface area (Å²) in [6, 6.07) is 5.25. The Hall–Kier alpha value is -1.97. The molecule has 0 aromatic heterocycles. The van der Waals surface area contributed by atoms with Crippen LogP contribution >= 0.6 is 15.9 Å². The monoisotopic (exact) mass is 427 g/mol. The van der Waals surface area contributed by atoms with E-state index in [2.05, 4.69) is 26.5 Å². The van der Waals surface area contributed by atoms with Crippen molar-refractivity contribution in [2.24, 2.45) is 5.10 Å². The molecule has 1 aliphatic heterocycles. The van der Waals surface area contributed by atoms with Crippen LogP contribution in [0.15, 0.2) is 27.8 Å². The summed E-state index contributed by atoms with van der Waals surface area (Å²) >= 11 is 3.38. The maximum atomic E-state index is 11.8. The predicted molar refractivity (Wildman–Crippen MR) is 99.3 cm³/mol. The molecule has 1 saturated heterocycles. The van der Waals surface area contributed by atoms with Gasteiger partial charge in [0, 0.05) is 13.1 Å². The number of carbonyl (C=O) groups excluding carboxylic acids is 2. The van der Waals surface area contributed by atoms with Crippen molar-refractivity contribution in [1.82, 2.24) is 10.3 Å². The lowest BCUT2D eigenvalue weighted by Gasteiger charge is -2.25. The fraction of sp³-hybridized carbons (Fsp3) is 0.471. The van der Waals surface area contributed by atoms with Gasteiger partial charge in [-0.05, 0) is 46.6 Å². The maximum Gasteiger partial charge on any atom is 0.344 e. The van der Waals surface area contributed by atoms with Crippen molar-refractivity contribution in [3.63, 3.8) is 0 Å². The lowest BCUT2D eigenvalue weighted by molar-refractivity contribution is -0.145. The second-order valence-electron chi connectivity index (χ2n) is 5.47. The number of morpholine rings is 1. The number of esters is 1.